The van der Waals surface area contributed by atoms with Crippen molar-refractivity contribution in [2.45, 2.75) is 19.9 Å². The largest absolute Gasteiger partial charge is 0.506 e. The Morgan fingerprint density at radius 3 is 2.82 bits per heavy atom. The van der Waals surface area contributed by atoms with E-state index in [9.17, 15) is 14.7 Å². The number of benzene rings is 2. The van der Waals surface area contributed by atoms with Gasteiger partial charge in [-0.1, -0.05) is 17.7 Å². The van der Waals surface area contributed by atoms with Crippen molar-refractivity contribution in [2.75, 3.05) is 6.79 Å². The van der Waals surface area contributed by atoms with Gasteiger partial charge >= 0.3 is 5.63 Å². The third-order valence-corrected chi connectivity index (χ3v) is 4.92. The van der Waals surface area contributed by atoms with Crippen molar-refractivity contribution in [2.24, 2.45) is 0 Å². The number of nitrogens with one attached hydrogen (secondary N) is 1. The lowest BCUT2D eigenvalue weighted by Crippen LogP contribution is -2.27. The van der Waals surface area contributed by atoms with E-state index >= 15 is 0 Å². The Labute approximate surface area is 164 Å². The van der Waals surface area contributed by atoms with Crippen molar-refractivity contribution in [3.63, 3.8) is 0 Å². The highest BCUT2D eigenvalue weighted by atomic mass is 35.5. The molecule has 1 aliphatic rings. The lowest BCUT2D eigenvalue weighted by Gasteiger charge is -2.10. The minimum atomic E-state index is -0.620. The number of carbonyl (C=O) groups excluding carboxylic acids is 1. The first kappa shape index (κ1) is 18.2. The molecule has 0 spiro atoms. The first-order valence-corrected chi connectivity index (χ1v) is 8.90. The maximum absolute atomic E-state index is 12.4. The summed E-state index contributed by atoms with van der Waals surface area (Å²) in [6.07, 6.45) is -0.132. The van der Waals surface area contributed by atoms with E-state index in [1.807, 2.05) is 6.07 Å². The molecule has 0 bridgehead atoms. The molecule has 0 fully saturated rings. The molecule has 0 atom stereocenters. The minimum Gasteiger partial charge on any atom is -0.506 e. The number of rotatable bonds is 4. The summed E-state index contributed by atoms with van der Waals surface area (Å²) in [5.74, 6) is 0.810. The van der Waals surface area contributed by atoms with Crippen LogP contribution < -0.4 is 20.4 Å². The number of aryl methyl sites for hydroxylation is 1. The second-order valence-corrected chi connectivity index (χ2v) is 6.84. The van der Waals surface area contributed by atoms with Crippen molar-refractivity contribution in [1.82, 2.24) is 5.32 Å². The van der Waals surface area contributed by atoms with Gasteiger partial charge in [-0.25, -0.2) is 4.79 Å². The molecular formula is C20H16ClNO6. The van der Waals surface area contributed by atoms with Gasteiger partial charge in [0, 0.05) is 18.0 Å². The first-order chi connectivity index (χ1) is 13.4. The number of amides is 1. The van der Waals surface area contributed by atoms with Crippen LogP contribution in [-0.4, -0.2) is 17.8 Å². The van der Waals surface area contributed by atoms with Gasteiger partial charge in [-0.2, -0.15) is 0 Å². The molecule has 0 unspecified atom stereocenters. The van der Waals surface area contributed by atoms with Crippen LogP contribution in [0.25, 0.3) is 11.0 Å². The summed E-state index contributed by atoms with van der Waals surface area (Å²) in [7, 11) is 0. The molecule has 1 aliphatic heterocycles. The maximum Gasteiger partial charge on any atom is 0.340 e. The average molecular weight is 402 g/mol. The Balaban J connectivity index is 1.52. The van der Waals surface area contributed by atoms with Crippen LogP contribution in [-0.2, 0) is 17.8 Å². The molecule has 28 heavy (non-hydrogen) atoms. The van der Waals surface area contributed by atoms with Crippen LogP contribution in [0.15, 0.2) is 39.5 Å². The molecule has 1 amide bonds. The number of halogens is 1. The van der Waals surface area contributed by atoms with Crippen molar-refractivity contribution >= 4 is 28.5 Å². The zero-order valence-corrected chi connectivity index (χ0v) is 15.6. The van der Waals surface area contributed by atoms with Gasteiger partial charge in [0.2, 0.25) is 12.7 Å². The van der Waals surface area contributed by atoms with Gasteiger partial charge in [0.1, 0.15) is 11.3 Å². The summed E-state index contributed by atoms with van der Waals surface area (Å²) in [4.78, 5) is 24.7. The number of aromatic hydroxyl groups is 1. The Kier molecular flexibility index (Phi) is 4.60. The molecule has 144 valence electrons. The smallest absolute Gasteiger partial charge is 0.340 e. The number of hydrogen-bond acceptors (Lipinski definition) is 6. The molecule has 8 heteroatoms. The summed E-state index contributed by atoms with van der Waals surface area (Å²) in [6.45, 7) is 2.18. The highest BCUT2D eigenvalue weighted by Gasteiger charge is 2.17. The highest BCUT2D eigenvalue weighted by Crippen LogP contribution is 2.33. The molecule has 2 aromatic carbocycles. The van der Waals surface area contributed by atoms with Gasteiger partial charge in [-0.3, -0.25) is 4.79 Å². The molecule has 2 heterocycles. The molecule has 1 aromatic heterocycles. The first-order valence-electron chi connectivity index (χ1n) is 8.52. The lowest BCUT2D eigenvalue weighted by atomic mass is 10.0. The van der Waals surface area contributed by atoms with Crippen LogP contribution in [0.4, 0.5) is 0 Å². The molecule has 0 saturated heterocycles. The van der Waals surface area contributed by atoms with Crippen LogP contribution in [0.5, 0.6) is 17.2 Å². The Bertz CT molecular complexity index is 1150. The van der Waals surface area contributed by atoms with Gasteiger partial charge in [-0.05, 0) is 36.2 Å². The molecule has 7 nitrogen and oxygen atoms in total. The van der Waals surface area contributed by atoms with Gasteiger partial charge in [0.05, 0.1) is 17.0 Å². The summed E-state index contributed by atoms with van der Waals surface area (Å²) in [5.41, 5.74) is 1.28. The van der Waals surface area contributed by atoms with Crippen molar-refractivity contribution < 1.29 is 23.8 Å². The molecule has 2 N–H and O–H groups in total. The molecule has 0 radical (unpaired) electrons. The topological polar surface area (TPSA) is 98.0 Å². The van der Waals surface area contributed by atoms with Gasteiger partial charge in [0.25, 0.3) is 0 Å². The predicted molar refractivity (Wildman–Crippen MR) is 102 cm³/mol. The van der Waals surface area contributed by atoms with Crippen LogP contribution >= 0.6 is 11.6 Å². The van der Waals surface area contributed by atoms with Crippen LogP contribution in [0, 0.1) is 6.92 Å². The number of phenols is 1. The summed E-state index contributed by atoms with van der Waals surface area (Å²) in [5, 5.41) is 13.2. The molecule has 0 saturated carbocycles. The number of ether oxygens (including phenoxy) is 2. The van der Waals surface area contributed by atoms with Crippen molar-refractivity contribution in [1.29, 1.82) is 0 Å². The van der Waals surface area contributed by atoms with E-state index in [2.05, 4.69) is 5.32 Å². The van der Waals surface area contributed by atoms with E-state index in [0.717, 1.165) is 5.56 Å². The number of carbonyl (C=O) groups is 1. The fraction of sp³-hybridized carbons (Fsp3) is 0.200. The number of hydrogen-bond donors (Lipinski definition) is 2. The number of fused-ring (bicyclic) bond motifs is 2. The highest BCUT2D eigenvalue weighted by molar-refractivity contribution is 6.32. The minimum absolute atomic E-state index is 0.132. The van der Waals surface area contributed by atoms with E-state index in [1.54, 1.807) is 19.1 Å². The Hall–Kier alpha value is -3.19. The van der Waals surface area contributed by atoms with Crippen LogP contribution in [0.1, 0.15) is 16.7 Å². The molecular weight excluding hydrogens is 386 g/mol. The molecule has 0 aliphatic carbocycles. The van der Waals surface area contributed by atoms with Crippen molar-refractivity contribution in [3.8, 4) is 17.2 Å². The molecule has 3 aromatic rings. The standard InChI is InChI=1S/C20H16ClNO6/c1-10-12-5-14(21)15(23)7-17(12)28-20(25)13(10)6-19(24)22-8-11-2-3-16-18(4-11)27-9-26-16/h2-5,7,23H,6,8-9H2,1H3,(H,22,24). The zero-order chi connectivity index (χ0) is 19.8. The summed E-state index contributed by atoms with van der Waals surface area (Å²) < 4.78 is 15.8. The van der Waals surface area contributed by atoms with Gasteiger partial charge in [-0.15, -0.1) is 0 Å². The quantitative estimate of drug-likeness (QED) is 0.652. The fourth-order valence-electron chi connectivity index (χ4n) is 3.08. The van der Waals surface area contributed by atoms with E-state index in [1.165, 1.54) is 12.1 Å². The van der Waals surface area contributed by atoms with Gasteiger partial charge < -0.3 is 24.3 Å². The summed E-state index contributed by atoms with van der Waals surface area (Å²) >= 11 is 5.95. The van der Waals surface area contributed by atoms with Crippen LogP contribution in [0.2, 0.25) is 5.02 Å². The monoisotopic (exact) mass is 401 g/mol. The SMILES string of the molecule is Cc1c(CC(=O)NCc2ccc3c(c2)OCO3)c(=O)oc2cc(O)c(Cl)cc12. The Morgan fingerprint density at radius 1 is 1.21 bits per heavy atom. The van der Waals surface area contributed by atoms with E-state index in [-0.39, 0.29) is 47.6 Å². The van der Waals surface area contributed by atoms with E-state index in [0.29, 0.717) is 22.4 Å². The predicted octanol–water partition coefficient (Wildman–Crippen LogP) is 3.05. The zero-order valence-electron chi connectivity index (χ0n) is 14.9. The second-order valence-electron chi connectivity index (χ2n) is 6.43. The Morgan fingerprint density at radius 2 is 2.00 bits per heavy atom. The maximum atomic E-state index is 12.4. The fourth-order valence-corrected chi connectivity index (χ4v) is 3.24. The second kappa shape index (κ2) is 7.09. The molecule has 4 rings (SSSR count). The third kappa shape index (κ3) is 3.36. The normalized spacial score (nSPS) is 12.4. The van der Waals surface area contributed by atoms with Gasteiger partial charge in [0.15, 0.2) is 11.5 Å². The third-order valence-electron chi connectivity index (χ3n) is 4.62. The number of phenolic OH excluding ortho intramolecular Hbond substituents is 1. The summed E-state index contributed by atoms with van der Waals surface area (Å²) in [6, 6.07) is 8.21. The van der Waals surface area contributed by atoms with Crippen LogP contribution in [0.3, 0.4) is 0 Å². The average Bonchev–Trinajstić information content (AvgIpc) is 3.13. The lowest BCUT2D eigenvalue weighted by molar-refractivity contribution is -0.120. The van der Waals surface area contributed by atoms with Crippen molar-refractivity contribution in [3.05, 3.63) is 62.5 Å². The van der Waals surface area contributed by atoms with E-state index < -0.39 is 5.63 Å². The van der Waals surface area contributed by atoms with E-state index in [4.69, 9.17) is 25.5 Å².